The number of nitrogens with zero attached hydrogens (tertiary/aromatic N) is 3. The Morgan fingerprint density at radius 3 is 2.47 bits per heavy atom. The second-order valence-corrected chi connectivity index (χ2v) is 4.96. The molecule has 0 aromatic carbocycles. The summed E-state index contributed by atoms with van der Waals surface area (Å²) in [7, 11) is 0. The van der Waals surface area contributed by atoms with Crippen LogP contribution in [0.4, 0.5) is 0 Å². The van der Waals surface area contributed by atoms with Crippen molar-refractivity contribution in [1.29, 1.82) is 0 Å². The summed E-state index contributed by atoms with van der Waals surface area (Å²) in [5.41, 5.74) is 2.62. The minimum Gasteiger partial charge on any atom is -0.301 e. The molecule has 0 saturated carbocycles. The molecule has 3 heteroatoms. The maximum atomic E-state index is 4.67. The van der Waals surface area contributed by atoms with Crippen LogP contribution in [-0.4, -0.2) is 34.3 Å². The van der Waals surface area contributed by atoms with Crippen molar-refractivity contribution in [3.8, 4) is 0 Å². The molecule has 1 aromatic heterocycles. The summed E-state index contributed by atoms with van der Waals surface area (Å²) in [4.78, 5) is 2.58. The van der Waals surface area contributed by atoms with Crippen molar-refractivity contribution in [2.24, 2.45) is 0 Å². The Morgan fingerprint density at radius 1 is 1.06 bits per heavy atom. The van der Waals surface area contributed by atoms with E-state index >= 15 is 0 Å². The van der Waals surface area contributed by atoms with E-state index in [2.05, 4.69) is 34.6 Å². The molecule has 0 aliphatic carbocycles. The Balaban J connectivity index is 1.90. The van der Waals surface area contributed by atoms with E-state index in [0.29, 0.717) is 0 Å². The molecule has 1 aliphatic heterocycles. The second kappa shape index (κ2) is 6.20. The van der Waals surface area contributed by atoms with Crippen LogP contribution in [0.2, 0.25) is 0 Å². The first-order valence-electron chi connectivity index (χ1n) is 7.11. The molecule has 1 aliphatic rings. The smallest absolute Gasteiger partial charge is 0.0624 e. The molecule has 1 aromatic rings. The van der Waals surface area contributed by atoms with E-state index in [1.807, 2.05) is 0 Å². The third-order valence-corrected chi connectivity index (χ3v) is 3.72. The number of aryl methyl sites for hydroxylation is 2. The molecule has 0 bridgehead atoms. The number of hydrogen-bond donors (Lipinski definition) is 0. The summed E-state index contributed by atoms with van der Waals surface area (Å²) in [6, 6.07) is 2.26. The van der Waals surface area contributed by atoms with E-state index in [1.165, 1.54) is 43.7 Å². The largest absolute Gasteiger partial charge is 0.301 e. The van der Waals surface area contributed by atoms with Crippen molar-refractivity contribution in [2.45, 2.75) is 52.5 Å². The van der Waals surface area contributed by atoms with Crippen molar-refractivity contribution < 1.29 is 0 Å². The molecule has 2 rings (SSSR count). The highest BCUT2D eigenvalue weighted by atomic mass is 15.3. The molecule has 2 heterocycles. The maximum absolute atomic E-state index is 4.67. The number of hydrogen-bond acceptors (Lipinski definition) is 2. The summed E-state index contributed by atoms with van der Waals surface area (Å²) < 4.78 is 2.22. The summed E-state index contributed by atoms with van der Waals surface area (Å²) in [6.45, 7) is 9.18. The Morgan fingerprint density at radius 2 is 1.82 bits per heavy atom. The van der Waals surface area contributed by atoms with E-state index in [1.54, 1.807) is 0 Å². The van der Waals surface area contributed by atoms with Crippen molar-refractivity contribution in [3.63, 3.8) is 0 Å². The third-order valence-electron chi connectivity index (χ3n) is 3.72. The van der Waals surface area contributed by atoms with Crippen LogP contribution in [0, 0.1) is 0 Å². The molecular weight excluding hydrogens is 210 g/mol. The van der Waals surface area contributed by atoms with Crippen LogP contribution in [0.3, 0.4) is 0 Å². The standard InChI is InChI=1S/C14H25N3/c1-3-13-12-14(4-2)17(15-13)11-10-16-8-6-5-7-9-16/h12H,3-11H2,1-2H3. The lowest BCUT2D eigenvalue weighted by Gasteiger charge is -2.26. The van der Waals surface area contributed by atoms with Gasteiger partial charge in [-0.1, -0.05) is 20.3 Å². The molecular formula is C14H25N3. The van der Waals surface area contributed by atoms with Gasteiger partial charge in [-0.05, 0) is 44.8 Å². The van der Waals surface area contributed by atoms with E-state index in [-0.39, 0.29) is 0 Å². The topological polar surface area (TPSA) is 21.1 Å². The lowest BCUT2D eigenvalue weighted by molar-refractivity contribution is 0.217. The van der Waals surface area contributed by atoms with Gasteiger partial charge in [0.05, 0.1) is 12.2 Å². The van der Waals surface area contributed by atoms with E-state index < -0.39 is 0 Å². The average molecular weight is 235 g/mol. The van der Waals surface area contributed by atoms with Gasteiger partial charge in [0.25, 0.3) is 0 Å². The van der Waals surface area contributed by atoms with Gasteiger partial charge in [0, 0.05) is 12.2 Å². The van der Waals surface area contributed by atoms with Gasteiger partial charge >= 0.3 is 0 Å². The zero-order valence-electron chi connectivity index (χ0n) is 11.3. The number of likely N-dealkylation sites (tertiary alicyclic amines) is 1. The molecule has 1 fully saturated rings. The molecule has 0 N–H and O–H groups in total. The van der Waals surface area contributed by atoms with Crippen LogP contribution in [0.1, 0.15) is 44.5 Å². The minimum absolute atomic E-state index is 1.05. The first-order valence-corrected chi connectivity index (χ1v) is 7.11. The van der Waals surface area contributed by atoms with Crippen molar-refractivity contribution in [2.75, 3.05) is 19.6 Å². The summed E-state index contributed by atoms with van der Waals surface area (Å²) in [6.07, 6.45) is 6.30. The van der Waals surface area contributed by atoms with Gasteiger partial charge in [-0.25, -0.2) is 0 Å². The Labute approximate surface area is 105 Å². The SMILES string of the molecule is CCc1cc(CC)n(CCN2CCCCC2)n1. The van der Waals surface area contributed by atoms with Crippen molar-refractivity contribution in [3.05, 3.63) is 17.5 Å². The zero-order chi connectivity index (χ0) is 12.1. The quantitative estimate of drug-likeness (QED) is 0.782. The molecule has 0 atom stereocenters. The summed E-state index contributed by atoms with van der Waals surface area (Å²) in [5, 5.41) is 4.67. The predicted molar refractivity (Wildman–Crippen MR) is 71.3 cm³/mol. The van der Waals surface area contributed by atoms with Gasteiger partial charge in [-0.3, -0.25) is 4.68 Å². The molecule has 1 saturated heterocycles. The summed E-state index contributed by atoms with van der Waals surface area (Å²) >= 11 is 0. The maximum Gasteiger partial charge on any atom is 0.0624 e. The highest BCUT2D eigenvalue weighted by Gasteiger charge is 2.11. The van der Waals surface area contributed by atoms with E-state index in [0.717, 1.165) is 25.9 Å². The van der Waals surface area contributed by atoms with Gasteiger partial charge < -0.3 is 4.90 Å². The van der Waals surface area contributed by atoms with Crippen LogP contribution in [0.25, 0.3) is 0 Å². The molecule has 3 nitrogen and oxygen atoms in total. The van der Waals surface area contributed by atoms with Gasteiger partial charge in [0.1, 0.15) is 0 Å². The Hall–Kier alpha value is -0.830. The Bertz CT molecular complexity index is 337. The molecule has 17 heavy (non-hydrogen) atoms. The zero-order valence-corrected chi connectivity index (χ0v) is 11.3. The molecule has 96 valence electrons. The minimum atomic E-state index is 1.05. The van der Waals surface area contributed by atoms with Gasteiger partial charge in [0.2, 0.25) is 0 Å². The van der Waals surface area contributed by atoms with Crippen molar-refractivity contribution in [1.82, 2.24) is 14.7 Å². The van der Waals surface area contributed by atoms with Gasteiger partial charge in [-0.2, -0.15) is 5.10 Å². The van der Waals surface area contributed by atoms with Gasteiger partial charge in [-0.15, -0.1) is 0 Å². The number of aromatic nitrogens is 2. The van der Waals surface area contributed by atoms with Crippen molar-refractivity contribution >= 4 is 0 Å². The van der Waals surface area contributed by atoms with Crippen LogP contribution in [0.5, 0.6) is 0 Å². The molecule has 0 unspecified atom stereocenters. The van der Waals surface area contributed by atoms with Crippen LogP contribution < -0.4 is 0 Å². The van der Waals surface area contributed by atoms with Crippen LogP contribution in [0.15, 0.2) is 6.07 Å². The normalized spacial score (nSPS) is 17.5. The first kappa shape index (κ1) is 12.6. The number of rotatable bonds is 5. The fraction of sp³-hybridized carbons (Fsp3) is 0.786. The lowest BCUT2D eigenvalue weighted by Crippen LogP contribution is -2.33. The van der Waals surface area contributed by atoms with E-state index in [9.17, 15) is 0 Å². The Kier molecular flexibility index (Phi) is 4.60. The number of piperidine rings is 1. The van der Waals surface area contributed by atoms with Gasteiger partial charge in [0.15, 0.2) is 0 Å². The highest BCUT2D eigenvalue weighted by molar-refractivity contribution is 5.10. The molecule has 0 radical (unpaired) electrons. The van der Waals surface area contributed by atoms with Crippen LogP contribution in [-0.2, 0) is 19.4 Å². The molecule has 0 spiro atoms. The van der Waals surface area contributed by atoms with Crippen LogP contribution >= 0.6 is 0 Å². The first-order chi connectivity index (χ1) is 8.33. The monoisotopic (exact) mass is 235 g/mol. The fourth-order valence-electron chi connectivity index (χ4n) is 2.59. The average Bonchev–Trinajstić information content (AvgIpc) is 2.80. The van der Waals surface area contributed by atoms with E-state index in [4.69, 9.17) is 0 Å². The lowest BCUT2D eigenvalue weighted by atomic mass is 10.1. The fourth-order valence-corrected chi connectivity index (χ4v) is 2.59. The third kappa shape index (κ3) is 3.32. The molecule has 0 amide bonds. The predicted octanol–water partition coefficient (Wildman–Crippen LogP) is 2.49. The second-order valence-electron chi connectivity index (χ2n) is 4.96. The highest BCUT2D eigenvalue weighted by Crippen LogP contribution is 2.10. The summed E-state index contributed by atoms with van der Waals surface area (Å²) in [5.74, 6) is 0.